The van der Waals surface area contributed by atoms with E-state index in [1.165, 1.54) is 12.1 Å². The van der Waals surface area contributed by atoms with Gasteiger partial charge in [0.05, 0.1) is 12.2 Å². The average Bonchev–Trinajstić information content (AvgIpc) is 2.96. The number of nitrogens with zero attached hydrogens (tertiary/aromatic N) is 2. The van der Waals surface area contributed by atoms with Gasteiger partial charge in [-0.25, -0.2) is 4.39 Å². The highest BCUT2D eigenvalue weighted by Crippen LogP contribution is 2.32. The predicted octanol–water partition coefficient (Wildman–Crippen LogP) is 6.27. The van der Waals surface area contributed by atoms with E-state index in [0.29, 0.717) is 27.9 Å². The van der Waals surface area contributed by atoms with Crippen LogP contribution >= 0.6 is 23.8 Å². The van der Waals surface area contributed by atoms with Crippen molar-refractivity contribution < 1.29 is 9.18 Å². The van der Waals surface area contributed by atoms with Crippen molar-refractivity contribution in [1.29, 1.82) is 0 Å². The Hall–Kier alpha value is -3.02. The standard InChI is InChI=1S/C25H20ClFN2OS/c1-16-6-11-22(12-17(16)2)29-24(30)23(14-18-7-9-21(27)10-8-18)28(25(29)31)15-19-4-3-5-20(26)13-19/h3-14H,15H2,1-2H3/b23-14+. The number of hydrogen-bond acceptors (Lipinski definition) is 2. The third-order valence-electron chi connectivity index (χ3n) is 5.29. The lowest BCUT2D eigenvalue weighted by atomic mass is 10.1. The minimum Gasteiger partial charge on any atom is -0.309 e. The van der Waals surface area contributed by atoms with Gasteiger partial charge in [0.2, 0.25) is 0 Å². The zero-order chi connectivity index (χ0) is 22.1. The maximum absolute atomic E-state index is 13.5. The van der Waals surface area contributed by atoms with Crippen molar-refractivity contribution in [3.05, 3.63) is 106 Å². The molecule has 0 N–H and O–H groups in total. The van der Waals surface area contributed by atoms with Gasteiger partial charge >= 0.3 is 0 Å². The number of halogens is 2. The van der Waals surface area contributed by atoms with Crippen molar-refractivity contribution in [2.75, 3.05) is 4.90 Å². The number of benzene rings is 3. The maximum Gasteiger partial charge on any atom is 0.281 e. The zero-order valence-corrected chi connectivity index (χ0v) is 18.7. The highest BCUT2D eigenvalue weighted by molar-refractivity contribution is 7.80. The molecular formula is C25H20ClFN2OS. The van der Waals surface area contributed by atoms with E-state index >= 15 is 0 Å². The summed E-state index contributed by atoms with van der Waals surface area (Å²) < 4.78 is 13.4. The van der Waals surface area contributed by atoms with E-state index in [0.717, 1.165) is 22.4 Å². The number of rotatable bonds is 4. The second kappa shape index (κ2) is 8.61. The second-order valence-electron chi connectivity index (χ2n) is 7.49. The van der Waals surface area contributed by atoms with Crippen molar-refractivity contribution in [2.24, 2.45) is 0 Å². The summed E-state index contributed by atoms with van der Waals surface area (Å²) in [6.45, 7) is 4.41. The van der Waals surface area contributed by atoms with Gasteiger partial charge in [0, 0.05) is 5.02 Å². The number of thiocarbonyl (C=S) groups is 1. The van der Waals surface area contributed by atoms with Crippen molar-refractivity contribution in [2.45, 2.75) is 20.4 Å². The van der Waals surface area contributed by atoms with Crippen LogP contribution in [-0.4, -0.2) is 15.9 Å². The molecule has 3 aromatic carbocycles. The number of hydrogen-bond donors (Lipinski definition) is 0. The molecule has 3 aromatic rings. The van der Waals surface area contributed by atoms with Crippen LogP contribution in [0.1, 0.15) is 22.3 Å². The SMILES string of the molecule is Cc1ccc(N2C(=O)/C(=C\c3ccc(F)cc3)N(Cc3cccc(Cl)c3)C2=S)cc1C. The minimum atomic E-state index is -0.331. The van der Waals surface area contributed by atoms with E-state index in [1.54, 1.807) is 34.1 Å². The Morgan fingerprint density at radius 1 is 1.00 bits per heavy atom. The van der Waals surface area contributed by atoms with Crippen molar-refractivity contribution in [3.8, 4) is 0 Å². The zero-order valence-electron chi connectivity index (χ0n) is 17.1. The Balaban J connectivity index is 1.78. The first kappa shape index (κ1) is 21.2. The predicted molar refractivity (Wildman–Crippen MR) is 127 cm³/mol. The first-order valence-corrected chi connectivity index (χ1v) is 10.6. The highest BCUT2D eigenvalue weighted by atomic mass is 35.5. The Morgan fingerprint density at radius 3 is 2.42 bits per heavy atom. The quantitative estimate of drug-likeness (QED) is 0.345. The van der Waals surface area contributed by atoms with Crippen LogP contribution in [-0.2, 0) is 11.3 Å². The van der Waals surface area contributed by atoms with E-state index < -0.39 is 0 Å². The molecular weight excluding hydrogens is 431 g/mol. The molecule has 0 saturated carbocycles. The monoisotopic (exact) mass is 450 g/mol. The van der Waals surface area contributed by atoms with E-state index in [9.17, 15) is 9.18 Å². The second-order valence-corrected chi connectivity index (χ2v) is 8.29. The van der Waals surface area contributed by atoms with Gasteiger partial charge in [0.1, 0.15) is 11.5 Å². The molecule has 0 radical (unpaired) electrons. The smallest absolute Gasteiger partial charge is 0.281 e. The highest BCUT2D eigenvalue weighted by Gasteiger charge is 2.39. The van der Waals surface area contributed by atoms with Crippen LogP contribution in [0.25, 0.3) is 6.08 Å². The lowest BCUT2D eigenvalue weighted by Crippen LogP contribution is -2.32. The van der Waals surface area contributed by atoms with Gasteiger partial charge in [0.15, 0.2) is 5.11 Å². The normalized spacial score (nSPS) is 15.3. The van der Waals surface area contributed by atoms with Gasteiger partial charge in [-0.15, -0.1) is 0 Å². The summed E-state index contributed by atoms with van der Waals surface area (Å²) in [7, 11) is 0. The van der Waals surface area contributed by atoms with Crippen LogP contribution < -0.4 is 4.90 Å². The van der Waals surface area contributed by atoms with Crippen LogP contribution in [0.3, 0.4) is 0 Å². The maximum atomic E-state index is 13.5. The molecule has 0 aromatic heterocycles. The summed E-state index contributed by atoms with van der Waals surface area (Å²) >= 11 is 11.9. The van der Waals surface area contributed by atoms with Crippen LogP contribution in [0.5, 0.6) is 0 Å². The fraction of sp³-hybridized carbons (Fsp3) is 0.120. The van der Waals surface area contributed by atoms with Gasteiger partial charge in [-0.2, -0.15) is 0 Å². The number of anilines is 1. The fourth-order valence-electron chi connectivity index (χ4n) is 3.46. The fourth-order valence-corrected chi connectivity index (χ4v) is 4.02. The summed E-state index contributed by atoms with van der Waals surface area (Å²) in [6, 6.07) is 19.3. The molecule has 31 heavy (non-hydrogen) atoms. The van der Waals surface area contributed by atoms with Crippen molar-refractivity contribution >= 4 is 46.6 Å². The Morgan fingerprint density at radius 2 is 1.74 bits per heavy atom. The summed E-state index contributed by atoms with van der Waals surface area (Å²) in [4.78, 5) is 16.8. The molecule has 0 atom stereocenters. The first-order chi connectivity index (χ1) is 14.8. The topological polar surface area (TPSA) is 23.6 Å². The van der Waals surface area contributed by atoms with Gasteiger partial charge in [-0.1, -0.05) is 41.9 Å². The van der Waals surface area contributed by atoms with Crippen LogP contribution in [0.2, 0.25) is 5.02 Å². The molecule has 3 nitrogen and oxygen atoms in total. The largest absolute Gasteiger partial charge is 0.309 e. The lowest BCUT2D eigenvalue weighted by molar-refractivity contribution is -0.114. The number of amides is 1. The molecule has 1 fully saturated rings. The molecule has 1 saturated heterocycles. The summed E-state index contributed by atoms with van der Waals surface area (Å²) in [5.41, 5.74) is 5.00. The van der Waals surface area contributed by atoms with E-state index in [1.807, 2.05) is 50.2 Å². The van der Waals surface area contributed by atoms with Crippen LogP contribution in [0.4, 0.5) is 10.1 Å². The van der Waals surface area contributed by atoms with E-state index in [2.05, 4.69) is 0 Å². The molecule has 1 aliphatic heterocycles. The molecule has 0 bridgehead atoms. The Labute approximate surface area is 191 Å². The number of carbonyl (C=O) groups excluding carboxylic acids is 1. The van der Waals surface area contributed by atoms with Gasteiger partial charge in [-0.05, 0) is 90.8 Å². The molecule has 1 amide bonds. The molecule has 6 heteroatoms. The molecule has 4 rings (SSSR count). The van der Waals surface area contributed by atoms with Gasteiger partial charge in [0.25, 0.3) is 5.91 Å². The first-order valence-electron chi connectivity index (χ1n) is 9.78. The van der Waals surface area contributed by atoms with Crippen molar-refractivity contribution in [1.82, 2.24) is 4.90 Å². The number of carbonyl (C=O) groups is 1. The van der Waals surface area contributed by atoms with E-state index in [-0.39, 0.29) is 11.7 Å². The minimum absolute atomic E-state index is 0.223. The summed E-state index contributed by atoms with van der Waals surface area (Å²) in [6.07, 6.45) is 1.74. The molecule has 156 valence electrons. The van der Waals surface area contributed by atoms with Crippen molar-refractivity contribution in [3.63, 3.8) is 0 Å². The summed E-state index contributed by atoms with van der Waals surface area (Å²) in [5.74, 6) is -0.553. The van der Waals surface area contributed by atoms with Crippen LogP contribution in [0, 0.1) is 19.7 Å². The van der Waals surface area contributed by atoms with Gasteiger partial charge < -0.3 is 4.90 Å². The molecule has 0 aliphatic carbocycles. The van der Waals surface area contributed by atoms with Crippen LogP contribution in [0.15, 0.2) is 72.4 Å². The van der Waals surface area contributed by atoms with Gasteiger partial charge in [-0.3, -0.25) is 9.69 Å². The third-order valence-corrected chi connectivity index (χ3v) is 5.93. The average molecular weight is 451 g/mol. The van der Waals surface area contributed by atoms with E-state index in [4.69, 9.17) is 23.8 Å². The Bertz CT molecular complexity index is 1210. The Kier molecular flexibility index (Phi) is 5.90. The molecule has 0 unspecified atom stereocenters. The lowest BCUT2D eigenvalue weighted by Gasteiger charge is -2.21. The molecule has 1 aliphatic rings. The summed E-state index contributed by atoms with van der Waals surface area (Å²) in [5, 5.41) is 1.01. The molecule has 0 spiro atoms. The third kappa shape index (κ3) is 4.38. The molecule has 1 heterocycles. The number of aryl methyl sites for hydroxylation is 2.